The van der Waals surface area contributed by atoms with Gasteiger partial charge in [0.15, 0.2) is 0 Å². The number of carbonyl (C=O) groups excluding carboxylic acids is 1. The Labute approximate surface area is 137 Å². The Morgan fingerprint density at radius 3 is 1.57 bits per heavy atom. The van der Waals surface area contributed by atoms with E-state index in [-0.39, 0.29) is 6.61 Å². The summed E-state index contributed by atoms with van der Waals surface area (Å²) in [6.45, 7) is 8.01. The van der Waals surface area contributed by atoms with E-state index in [9.17, 15) is 4.79 Å². The highest BCUT2D eigenvalue weighted by atomic mass is 16.6. The number of terminal acetylenes is 1. The zero-order valence-corrected chi connectivity index (χ0v) is 13.5. The van der Waals surface area contributed by atoms with E-state index in [1.807, 2.05) is 0 Å². The van der Waals surface area contributed by atoms with Crippen LogP contribution < -0.4 is 0 Å². The van der Waals surface area contributed by atoms with Crippen LogP contribution in [0.5, 0.6) is 0 Å². The van der Waals surface area contributed by atoms with E-state index < -0.39 is 5.97 Å². The molecule has 0 bridgehead atoms. The van der Waals surface area contributed by atoms with Crippen molar-refractivity contribution in [3.05, 3.63) is 12.7 Å². The molecule has 0 fully saturated rings. The molecule has 0 radical (unpaired) electrons. The summed E-state index contributed by atoms with van der Waals surface area (Å²) in [6.07, 6.45) is 6.14. The molecule has 0 aromatic carbocycles. The number of carbonyl (C=O) groups is 1. The first-order valence-corrected chi connectivity index (χ1v) is 7.42. The third kappa shape index (κ3) is 18.5. The lowest BCUT2D eigenvalue weighted by atomic mass is 10.6. The molecule has 0 heterocycles. The van der Waals surface area contributed by atoms with Gasteiger partial charge in [0, 0.05) is 6.08 Å². The van der Waals surface area contributed by atoms with Gasteiger partial charge in [0.05, 0.1) is 59.5 Å². The van der Waals surface area contributed by atoms with Gasteiger partial charge in [-0.1, -0.05) is 12.5 Å². The van der Waals surface area contributed by atoms with Gasteiger partial charge in [-0.25, -0.2) is 4.79 Å². The molecule has 23 heavy (non-hydrogen) atoms. The van der Waals surface area contributed by atoms with E-state index in [0.29, 0.717) is 66.1 Å². The zero-order chi connectivity index (χ0) is 17.0. The average molecular weight is 330 g/mol. The Balaban J connectivity index is 3.01. The Morgan fingerprint density at radius 1 is 0.783 bits per heavy atom. The molecule has 0 N–H and O–H groups in total. The number of esters is 1. The molecular weight excluding hydrogens is 304 g/mol. The molecule has 0 aliphatic carbocycles. The van der Waals surface area contributed by atoms with Gasteiger partial charge in [-0.15, -0.1) is 6.42 Å². The SMILES string of the molecule is C#CCOCCOCCOCCOCCOCCOC(=O)C=C. The van der Waals surface area contributed by atoms with Crippen LogP contribution in [0.1, 0.15) is 0 Å². The van der Waals surface area contributed by atoms with Gasteiger partial charge in [0.2, 0.25) is 0 Å². The van der Waals surface area contributed by atoms with Crippen LogP contribution >= 0.6 is 0 Å². The lowest BCUT2D eigenvalue weighted by molar-refractivity contribution is -0.139. The van der Waals surface area contributed by atoms with Gasteiger partial charge in [0.1, 0.15) is 13.2 Å². The molecule has 132 valence electrons. The lowest BCUT2D eigenvalue weighted by Crippen LogP contribution is -2.14. The third-order valence-corrected chi connectivity index (χ3v) is 2.31. The van der Waals surface area contributed by atoms with E-state index in [2.05, 4.69) is 12.5 Å². The van der Waals surface area contributed by atoms with Crippen LogP contribution in [0, 0.1) is 12.3 Å². The molecule has 0 unspecified atom stereocenters. The van der Waals surface area contributed by atoms with Crippen molar-refractivity contribution in [2.75, 3.05) is 72.7 Å². The predicted octanol–water partition coefficient (Wildman–Crippen LogP) is 0.432. The van der Waals surface area contributed by atoms with Crippen molar-refractivity contribution < 1.29 is 33.2 Å². The van der Waals surface area contributed by atoms with E-state index in [1.165, 1.54) is 0 Å². The van der Waals surface area contributed by atoms with Crippen LogP contribution in [0.2, 0.25) is 0 Å². The Hall–Kier alpha value is -1.43. The molecule has 7 heteroatoms. The van der Waals surface area contributed by atoms with Gasteiger partial charge >= 0.3 is 5.97 Å². The van der Waals surface area contributed by atoms with Gasteiger partial charge in [-0.05, 0) is 0 Å². The van der Waals surface area contributed by atoms with Crippen LogP contribution in [-0.2, 0) is 33.2 Å². The minimum absolute atomic E-state index is 0.210. The van der Waals surface area contributed by atoms with Crippen LogP contribution in [0.15, 0.2) is 12.7 Å². The largest absolute Gasteiger partial charge is 0.460 e. The lowest BCUT2D eigenvalue weighted by Gasteiger charge is -2.07. The summed E-state index contributed by atoms with van der Waals surface area (Å²) in [5.41, 5.74) is 0. The van der Waals surface area contributed by atoms with Crippen molar-refractivity contribution in [2.24, 2.45) is 0 Å². The highest BCUT2D eigenvalue weighted by Crippen LogP contribution is 1.85. The van der Waals surface area contributed by atoms with Gasteiger partial charge < -0.3 is 28.4 Å². The second-order valence-electron chi connectivity index (χ2n) is 4.08. The van der Waals surface area contributed by atoms with Crippen molar-refractivity contribution in [3.8, 4) is 12.3 Å². The average Bonchev–Trinajstić information content (AvgIpc) is 2.57. The van der Waals surface area contributed by atoms with Gasteiger partial charge in [0.25, 0.3) is 0 Å². The maximum atomic E-state index is 10.7. The molecule has 0 atom stereocenters. The highest BCUT2D eigenvalue weighted by Gasteiger charge is 1.95. The third-order valence-electron chi connectivity index (χ3n) is 2.31. The molecule has 0 amide bonds. The smallest absolute Gasteiger partial charge is 0.330 e. The summed E-state index contributed by atoms with van der Waals surface area (Å²) < 4.78 is 30.9. The molecule has 7 nitrogen and oxygen atoms in total. The summed E-state index contributed by atoms with van der Waals surface area (Å²) >= 11 is 0. The van der Waals surface area contributed by atoms with Crippen LogP contribution in [0.3, 0.4) is 0 Å². The second kappa shape index (κ2) is 18.6. The Morgan fingerprint density at radius 2 is 1.17 bits per heavy atom. The van der Waals surface area contributed by atoms with E-state index in [4.69, 9.17) is 34.8 Å². The molecule has 0 aromatic heterocycles. The first-order valence-electron chi connectivity index (χ1n) is 7.42. The monoisotopic (exact) mass is 330 g/mol. The fourth-order valence-electron chi connectivity index (χ4n) is 1.27. The number of hydrogen-bond acceptors (Lipinski definition) is 7. The first kappa shape index (κ1) is 21.6. The minimum Gasteiger partial charge on any atom is -0.460 e. The highest BCUT2D eigenvalue weighted by molar-refractivity contribution is 5.81. The van der Waals surface area contributed by atoms with Crippen molar-refractivity contribution in [2.45, 2.75) is 0 Å². The molecule has 0 saturated carbocycles. The normalized spacial score (nSPS) is 10.2. The van der Waals surface area contributed by atoms with Gasteiger partial charge in [-0.3, -0.25) is 0 Å². The Kier molecular flexibility index (Phi) is 17.5. The van der Waals surface area contributed by atoms with E-state index >= 15 is 0 Å². The van der Waals surface area contributed by atoms with Crippen LogP contribution in [0.4, 0.5) is 0 Å². The molecule has 0 aliphatic rings. The van der Waals surface area contributed by atoms with Crippen molar-refractivity contribution in [1.82, 2.24) is 0 Å². The zero-order valence-electron chi connectivity index (χ0n) is 13.5. The number of ether oxygens (including phenoxy) is 6. The summed E-state index contributed by atoms with van der Waals surface area (Å²) in [5.74, 6) is 1.92. The van der Waals surface area contributed by atoms with Crippen molar-refractivity contribution >= 4 is 5.97 Å². The second-order valence-corrected chi connectivity index (χ2v) is 4.08. The molecule has 0 spiro atoms. The van der Waals surface area contributed by atoms with E-state index in [1.54, 1.807) is 0 Å². The fraction of sp³-hybridized carbons (Fsp3) is 0.688. The molecular formula is C16H26O7. The molecule has 0 aliphatic heterocycles. The summed E-state index contributed by atoms with van der Waals surface area (Å²) in [6, 6.07) is 0. The standard InChI is InChI=1S/C16H26O7/c1-3-5-18-6-7-19-8-9-20-10-11-21-12-13-22-14-15-23-16(17)4-2/h1,4H,2,5-15H2. The number of rotatable bonds is 17. The minimum atomic E-state index is -0.453. The molecule has 0 aromatic rings. The molecule has 0 rings (SSSR count). The van der Waals surface area contributed by atoms with Crippen molar-refractivity contribution in [3.63, 3.8) is 0 Å². The summed E-state index contributed by atoms with van der Waals surface area (Å²) in [5, 5.41) is 0. The Bertz CT molecular complexity index is 325. The predicted molar refractivity (Wildman–Crippen MR) is 84.1 cm³/mol. The topological polar surface area (TPSA) is 72.5 Å². The van der Waals surface area contributed by atoms with Crippen molar-refractivity contribution in [1.29, 1.82) is 0 Å². The van der Waals surface area contributed by atoms with E-state index in [0.717, 1.165) is 6.08 Å². The van der Waals surface area contributed by atoms with Crippen LogP contribution in [-0.4, -0.2) is 78.6 Å². The summed E-state index contributed by atoms with van der Waals surface area (Å²) in [7, 11) is 0. The quantitative estimate of drug-likeness (QED) is 0.166. The summed E-state index contributed by atoms with van der Waals surface area (Å²) in [4.78, 5) is 10.7. The number of hydrogen-bond donors (Lipinski definition) is 0. The fourth-order valence-corrected chi connectivity index (χ4v) is 1.27. The molecule has 0 saturated heterocycles. The first-order chi connectivity index (χ1) is 11.3. The maximum absolute atomic E-state index is 10.7. The van der Waals surface area contributed by atoms with Gasteiger partial charge in [-0.2, -0.15) is 0 Å². The van der Waals surface area contributed by atoms with Crippen LogP contribution in [0.25, 0.3) is 0 Å². The maximum Gasteiger partial charge on any atom is 0.330 e.